The molecule has 2 heterocycles. The van der Waals surface area contributed by atoms with Crippen LogP contribution in [0.1, 0.15) is 32.6 Å². The number of hydrogen-bond donors (Lipinski definition) is 2. The fraction of sp³-hybridized carbons (Fsp3) is 0.550. The second-order valence-electron chi connectivity index (χ2n) is 7.51. The number of fused-ring (bicyclic) bond motifs is 1. The van der Waals surface area contributed by atoms with E-state index in [-0.39, 0.29) is 18.4 Å². The molecule has 3 unspecified atom stereocenters. The van der Waals surface area contributed by atoms with Gasteiger partial charge in [-0.05, 0) is 12.8 Å². The average molecular weight is 395 g/mol. The Bertz CT molecular complexity index is 764. The predicted molar refractivity (Wildman–Crippen MR) is 103 cm³/mol. The second-order valence-corrected chi connectivity index (χ2v) is 7.51. The number of amides is 2. The first kappa shape index (κ1) is 20.4. The third-order valence-corrected chi connectivity index (χ3v) is 5.31. The summed E-state index contributed by atoms with van der Waals surface area (Å²) in [5.74, 6) is 1.22. The quantitative estimate of drug-likeness (QED) is 0.705. The van der Waals surface area contributed by atoms with Crippen LogP contribution in [0.2, 0.25) is 0 Å². The van der Waals surface area contributed by atoms with E-state index in [9.17, 15) is 18.0 Å². The van der Waals surface area contributed by atoms with Crippen molar-refractivity contribution in [3.63, 3.8) is 0 Å². The monoisotopic (exact) mass is 395 g/mol. The van der Waals surface area contributed by atoms with Gasteiger partial charge in [-0.2, -0.15) is 13.2 Å². The highest BCUT2D eigenvalue weighted by Crippen LogP contribution is 2.31. The zero-order valence-corrected chi connectivity index (χ0v) is 15.9. The number of urea groups is 1. The minimum absolute atomic E-state index is 0.0516. The molecule has 1 fully saturated rings. The number of carbonyl (C=O) groups is 1. The lowest BCUT2D eigenvalue weighted by molar-refractivity contribution is -0.404. The van der Waals surface area contributed by atoms with Crippen LogP contribution in [0, 0.1) is 5.92 Å². The summed E-state index contributed by atoms with van der Waals surface area (Å²) in [6, 6.07) is -1.08. The van der Waals surface area contributed by atoms with E-state index in [1.54, 1.807) is 6.08 Å². The third-order valence-electron chi connectivity index (χ3n) is 5.31. The number of nitrogens with zero attached hydrogens (tertiary/aromatic N) is 2. The number of halogens is 3. The lowest BCUT2D eigenvalue weighted by Gasteiger charge is -2.24. The van der Waals surface area contributed by atoms with Gasteiger partial charge >= 0.3 is 18.0 Å². The molecule has 0 aromatic carbocycles. The Balaban J connectivity index is 1.46. The molecule has 1 saturated heterocycles. The van der Waals surface area contributed by atoms with Crippen molar-refractivity contribution >= 4 is 18.6 Å². The average Bonchev–Trinajstić information content (AvgIpc) is 2.62. The molecule has 3 rings (SSSR count). The van der Waals surface area contributed by atoms with E-state index in [1.807, 2.05) is 4.58 Å². The maximum atomic E-state index is 12.8. The molecule has 1 aliphatic carbocycles. The number of amidine groups is 1. The minimum atomic E-state index is -4.37. The molecule has 0 saturated carbocycles. The number of allylic oxidation sites excluding steroid dienone is 2. The number of rotatable bonds is 4. The largest absolute Gasteiger partial charge is 0.412 e. The highest BCUT2D eigenvalue weighted by Gasteiger charge is 2.36. The number of piperidine rings is 1. The first-order chi connectivity index (χ1) is 13.2. The number of aliphatic imine (C=N–C) groups is 1. The van der Waals surface area contributed by atoms with Crippen LogP contribution in [0.5, 0.6) is 0 Å². The van der Waals surface area contributed by atoms with Gasteiger partial charge < -0.3 is 10.6 Å². The summed E-state index contributed by atoms with van der Waals surface area (Å²) in [4.78, 5) is 16.9. The predicted octanol–water partition coefficient (Wildman–Crippen LogP) is 3.34. The molecule has 0 aromatic rings. The maximum absolute atomic E-state index is 12.8. The van der Waals surface area contributed by atoms with Crippen molar-refractivity contribution in [2.75, 3.05) is 13.1 Å². The van der Waals surface area contributed by atoms with E-state index < -0.39 is 23.8 Å². The number of dihydropyridines is 1. The summed E-state index contributed by atoms with van der Waals surface area (Å²) in [7, 11) is 0. The normalized spacial score (nSPS) is 27.4. The molecule has 3 atom stereocenters. The summed E-state index contributed by atoms with van der Waals surface area (Å²) in [6.07, 6.45) is 4.29. The molecule has 8 heteroatoms. The van der Waals surface area contributed by atoms with E-state index in [4.69, 9.17) is 4.99 Å². The lowest BCUT2D eigenvalue weighted by Crippen LogP contribution is -2.43. The molecule has 0 aromatic heterocycles. The maximum Gasteiger partial charge on any atom is 0.412 e. The van der Waals surface area contributed by atoms with Crippen LogP contribution < -0.4 is 10.6 Å². The number of carbonyl (C=O) groups excluding carboxylic acids is 1. The molecule has 28 heavy (non-hydrogen) atoms. The second kappa shape index (κ2) is 8.32. The number of alkyl halides is 3. The molecule has 2 aliphatic heterocycles. The van der Waals surface area contributed by atoms with Gasteiger partial charge in [0.05, 0.1) is 19.3 Å². The van der Waals surface area contributed by atoms with Gasteiger partial charge in [0.15, 0.2) is 0 Å². The SMILES string of the molecule is C=[N+]1CCCC2=CC(C)C(CCNC(=O)NC3C=CC=C(C(F)(F)F)C3)N=C21. The van der Waals surface area contributed by atoms with E-state index in [0.717, 1.165) is 31.3 Å². The summed E-state index contributed by atoms with van der Waals surface area (Å²) >= 11 is 0. The van der Waals surface area contributed by atoms with Crippen molar-refractivity contribution in [1.82, 2.24) is 10.6 Å². The molecule has 2 amide bonds. The van der Waals surface area contributed by atoms with Crippen LogP contribution >= 0.6 is 0 Å². The number of hydrogen-bond acceptors (Lipinski definition) is 2. The summed E-state index contributed by atoms with van der Waals surface area (Å²) < 4.78 is 40.3. The smallest absolute Gasteiger partial charge is 0.338 e. The first-order valence-corrected chi connectivity index (χ1v) is 9.60. The van der Waals surface area contributed by atoms with Gasteiger partial charge in [0, 0.05) is 36.5 Å². The lowest BCUT2D eigenvalue weighted by atomic mass is 9.90. The van der Waals surface area contributed by atoms with Crippen LogP contribution in [0.15, 0.2) is 40.4 Å². The van der Waals surface area contributed by atoms with Gasteiger partial charge in [0.1, 0.15) is 6.04 Å². The highest BCUT2D eigenvalue weighted by atomic mass is 19.4. The van der Waals surface area contributed by atoms with Gasteiger partial charge in [-0.1, -0.05) is 36.2 Å². The van der Waals surface area contributed by atoms with Gasteiger partial charge in [-0.25, -0.2) is 9.37 Å². The van der Waals surface area contributed by atoms with Crippen LogP contribution in [-0.2, 0) is 0 Å². The van der Waals surface area contributed by atoms with Crippen molar-refractivity contribution in [2.45, 2.75) is 50.9 Å². The van der Waals surface area contributed by atoms with E-state index in [1.165, 1.54) is 11.6 Å². The molecule has 152 valence electrons. The molecule has 0 spiro atoms. The van der Waals surface area contributed by atoms with Crippen molar-refractivity contribution in [3.8, 4) is 0 Å². The molecule has 3 aliphatic rings. The molecule has 0 radical (unpaired) electrons. The Morgan fingerprint density at radius 1 is 1.43 bits per heavy atom. The Kier molecular flexibility index (Phi) is 6.05. The summed E-state index contributed by atoms with van der Waals surface area (Å²) in [5.41, 5.74) is 0.605. The van der Waals surface area contributed by atoms with Gasteiger partial charge in [-0.3, -0.25) is 0 Å². The van der Waals surface area contributed by atoms with Crippen molar-refractivity contribution in [2.24, 2.45) is 10.9 Å². The van der Waals surface area contributed by atoms with Gasteiger partial charge in [0.2, 0.25) is 0 Å². The Morgan fingerprint density at radius 3 is 2.96 bits per heavy atom. The fourth-order valence-corrected chi connectivity index (χ4v) is 3.78. The molecular weight excluding hydrogens is 369 g/mol. The van der Waals surface area contributed by atoms with Crippen LogP contribution in [0.4, 0.5) is 18.0 Å². The summed E-state index contributed by atoms with van der Waals surface area (Å²) in [5, 5.41) is 5.31. The van der Waals surface area contributed by atoms with Gasteiger partial charge in [-0.15, -0.1) is 0 Å². The van der Waals surface area contributed by atoms with Crippen molar-refractivity contribution in [1.29, 1.82) is 0 Å². The topological polar surface area (TPSA) is 56.5 Å². The summed E-state index contributed by atoms with van der Waals surface area (Å²) in [6.45, 7) is 7.43. The molecule has 2 N–H and O–H groups in total. The number of nitrogens with one attached hydrogen (secondary N) is 2. The zero-order chi connectivity index (χ0) is 20.3. The van der Waals surface area contributed by atoms with E-state index >= 15 is 0 Å². The highest BCUT2D eigenvalue weighted by molar-refractivity contribution is 5.94. The third kappa shape index (κ3) is 4.91. The van der Waals surface area contributed by atoms with Crippen LogP contribution in [0.3, 0.4) is 0 Å². The Hall–Kier alpha value is -2.38. The Morgan fingerprint density at radius 2 is 2.21 bits per heavy atom. The zero-order valence-electron chi connectivity index (χ0n) is 15.9. The van der Waals surface area contributed by atoms with E-state index in [2.05, 4.69) is 30.4 Å². The molecular formula is C20H26F3N4O+. The van der Waals surface area contributed by atoms with E-state index in [0.29, 0.717) is 13.0 Å². The first-order valence-electron chi connectivity index (χ1n) is 9.60. The van der Waals surface area contributed by atoms with Crippen molar-refractivity contribution in [3.05, 3.63) is 35.5 Å². The van der Waals surface area contributed by atoms with Crippen molar-refractivity contribution < 1.29 is 22.5 Å². The minimum Gasteiger partial charge on any atom is -0.338 e. The fourth-order valence-electron chi connectivity index (χ4n) is 3.78. The molecule has 0 bridgehead atoms. The standard InChI is InChI=1S/C20H25F3N4O/c1-13-11-14-5-4-10-27(2)18(14)26-17(13)8-9-24-19(28)25-16-7-3-6-15(12-16)20(21,22)23/h3,6-7,11,13,16-17H,2,4-5,8-10,12H2,1H3,(H-,24,25,28)/p+1. The van der Waals surface area contributed by atoms with Crippen LogP contribution in [-0.4, -0.2) is 54.5 Å². The van der Waals surface area contributed by atoms with Gasteiger partial charge in [0.25, 0.3) is 0 Å². The van der Waals surface area contributed by atoms with Crippen LogP contribution in [0.25, 0.3) is 0 Å². The Labute approximate surface area is 162 Å². The molecule has 5 nitrogen and oxygen atoms in total.